The molecule has 0 bridgehead atoms. The Morgan fingerprint density at radius 1 is 1.50 bits per heavy atom. The van der Waals surface area contributed by atoms with Gasteiger partial charge < -0.3 is 8.98 Å². The second-order valence-corrected chi connectivity index (χ2v) is 2.49. The molecule has 1 N–H and O–H groups in total. The average molecular weight is 166 g/mol. The Balaban J connectivity index is 3.10. The third-order valence-electron chi connectivity index (χ3n) is 1.66. The molecule has 0 aliphatic carbocycles. The van der Waals surface area contributed by atoms with E-state index < -0.39 is 5.76 Å². The largest absolute Gasteiger partial charge is 0.417 e. The molecule has 12 heavy (non-hydrogen) atoms. The summed E-state index contributed by atoms with van der Waals surface area (Å²) < 4.78 is 6.05. The maximum absolute atomic E-state index is 11.3. The van der Waals surface area contributed by atoms with Gasteiger partial charge in [-0.25, -0.2) is 4.79 Å². The molecular weight excluding hydrogens is 160 g/mol. The highest BCUT2D eigenvalue weighted by Crippen LogP contribution is 2.01. The quantitative estimate of drug-likeness (QED) is 0.590. The van der Waals surface area contributed by atoms with E-state index >= 15 is 0 Å². The van der Waals surface area contributed by atoms with Crippen LogP contribution in [-0.4, -0.2) is 9.55 Å². The predicted molar refractivity (Wildman–Crippen MR) is 42.1 cm³/mol. The zero-order valence-corrected chi connectivity index (χ0v) is 6.33. The fraction of sp³-hybridized carbons (Fsp3) is 0.143. The van der Waals surface area contributed by atoms with E-state index in [0.29, 0.717) is 5.58 Å². The van der Waals surface area contributed by atoms with Crippen molar-refractivity contribution in [3.05, 3.63) is 33.2 Å². The van der Waals surface area contributed by atoms with Crippen molar-refractivity contribution >= 4 is 11.1 Å². The molecular formula is C7H6N2O3. The lowest BCUT2D eigenvalue weighted by molar-refractivity contribution is 0.555. The number of H-pyrrole nitrogens is 1. The van der Waals surface area contributed by atoms with Crippen LogP contribution in [0.5, 0.6) is 0 Å². The Morgan fingerprint density at radius 3 is 3.00 bits per heavy atom. The zero-order valence-electron chi connectivity index (χ0n) is 6.33. The van der Waals surface area contributed by atoms with Gasteiger partial charge in [-0.3, -0.25) is 9.78 Å². The molecule has 0 amide bonds. The highest BCUT2D eigenvalue weighted by atomic mass is 16.4. The number of hydrogen-bond acceptors (Lipinski definition) is 3. The fourth-order valence-corrected chi connectivity index (χ4v) is 1.04. The van der Waals surface area contributed by atoms with E-state index in [0.717, 1.165) is 0 Å². The van der Waals surface area contributed by atoms with E-state index in [1.54, 1.807) is 19.3 Å². The Morgan fingerprint density at radius 2 is 2.25 bits per heavy atom. The van der Waals surface area contributed by atoms with Crippen LogP contribution in [0.2, 0.25) is 0 Å². The standard InChI is InChI=1S/C7H6N2O3/c1-9-3-2-4-5(6(9)10)8-7(11)12-4/h2-3H,1H3,(H,8,11). The van der Waals surface area contributed by atoms with Crippen molar-refractivity contribution in [2.45, 2.75) is 0 Å². The summed E-state index contributed by atoms with van der Waals surface area (Å²) in [6.07, 6.45) is 1.54. The molecule has 2 heterocycles. The van der Waals surface area contributed by atoms with Crippen molar-refractivity contribution in [3.8, 4) is 0 Å². The number of nitrogens with one attached hydrogen (secondary N) is 1. The number of aryl methyl sites for hydroxylation is 1. The van der Waals surface area contributed by atoms with Crippen LogP contribution in [-0.2, 0) is 7.05 Å². The molecule has 0 saturated heterocycles. The van der Waals surface area contributed by atoms with Crippen LogP contribution >= 0.6 is 0 Å². The second-order valence-electron chi connectivity index (χ2n) is 2.49. The number of fused-ring (bicyclic) bond motifs is 1. The molecule has 0 saturated carbocycles. The van der Waals surface area contributed by atoms with Gasteiger partial charge in [0.15, 0.2) is 11.1 Å². The molecule has 0 aliphatic heterocycles. The third-order valence-corrected chi connectivity index (χ3v) is 1.66. The van der Waals surface area contributed by atoms with Gasteiger partial charge in [-0.2, -0.15) is 0 Å². The molecule has 5 heteroatoms. The highest BCUT2D eigenvalue weighted by molar-refractivity contribution is 5.70. The first-order chi connectivity index (χ1) is 5.68. The van der Waals surface area contributed by atoms with Crippen LogP contribution in [0.3, 0.4) is 0 Å². The van der Waals surface area contributed by atoms with E-state index in [2.05, 4.69) is 9.40 Å². The second kappa shape index (κ2) is 2.10. The van der Waals surface area contributed by atoms with Gasteiger partial charge in [0.05, 0.1) is 0 Å². The average Bonchev–Trinajstić information content (AvgIpc) is 2.39. The minimum absolute atomic E-state index is 0.213. The molecule has 0 aliphatic rings. The number of pyridine rings is 1. The van der Waals surface area contributed by atoms with Crippen LogP contribution in [0, 0.1) is 0 Å². The summed E-state index contributed by atoms with van der Waals surface area (Å²) in [4.78, 5) is 24.3. The van der Waals surface area contributed by atoms with Gasteiger partial charge in [0, 0.05) is 13.2 Å². The van der Waals surface area contributed by atoms with Crippen LogP contribution in [0.4, 0.5) is 0 Å². The summed E-state index contributed by atoms with van der Waals surface area (Å²) >= 11 is 0. The van der Waals surface area contributed by atoms with Gasteiger partial charge in [-0.05, 0) is 6.07 Å². The predicted octanol–water partition coefficient (Wildman–Crippen LogP) is -0.180. The summed E-state index contributed by atoms with van der Waals surface area (Å²) in [5.74, 6) is -0.603. The van der Waals surface area contributed by atoms with Gasteiger partial charge in [-0.15, -0.1) is 0 Å². The number of aromatic nitrogens is 2. The van der Waals surface area contributed by atoms with Gasteiger partial charge in [0.1, 0.15) is 0 Å². The summed E-state index contributed by atoms with van der Waals surface area (Å²) in [5, 5.41) is 0. The van der Waals surface area contributed by atoms with Gasteiger partial charge >= 0.3 is 5.76 Å². The van der Waals surface area contributed by atoms with Crippen molar-refractivity contribution < 1.29 is 4.42 Å². The van der Waals surface area contributed by atoms with E-state index in [9.17, 15) is 9.59 Å². The number of rotatable bonds is 0. The van der Waals surface area contributed by atoms with Crippen molar-refractivity contribution in [2.75, 3.05) is 0 Å². The number of nitrogens with zero attached hydrogens (tertiary/aromatic N) is 1. The molecule has 2 rings (SSSR count). The SMILES string of the molecule is Cn1ccc2oc(=O)[nH]c2c1=O. The van der Waals surface area contributed by atoms with Gasteiger partial charge in [0.2, 0.25) is 0 Å². The monoisotopic (exact) mass is 166 g/mol. The van der Waals surface area contributed by atoms with Crippen molar-refractivity contribution in [3.63, 3.8) is 0 Å². The zero-order chi connectivity index (χ0) is 8.72. The molecule has 2 aromatic rings. The van der Waals surface area contributed by atoms with Gasteiger partial charge in [-0.1, -0.05) is 0 Å². The number of oxazole rings is 1. The molecule has 2 aromatic heterocycles. The Hall–Kier alpha value is -1.78. The Labute approximate surface area is 66.2 Å². The number of aromatic amines is 1. The van der Waals surface area contributed by atoms with Crippen LogP contribution in [0.1, 0.15) is 0 Å². The molecule has 0 radical (unpaired) electrons. The van der Waals surface area contributed by atoms with E-state index in [-0.39, 0.29) is 11.1 Å². The summed E-state index contributed by atoms with van der Waals surface area (Å²) in [7, 11) is 1.60. The first-order valence-corrected chi connectivity index (χ1v) is 3.37. The van der Waals surface area contributed by atoms with E-state index in [1.165, 1.54) is 4.57 Å². The van der Waals surface area contributed by atoms with Crippen molar-refractivity contribution in [2.24, 2.45) is 7.05 Å². The fourth-order valence-electron chi connectivity index (χ4n) is 1.04. The molecule has 0 unspecified atom stereocenters. The number of hydrogen-bond donors (Lipinski definition) is 1. The summed E-state index contributed by atoms with van der Waals surface area (Å²) in [6.45, 7) is 0. The molecule has 0 spiro atoms. The maximum Gasteiger partial charge on any atom is 0.417 e. The smallest absolute Gasteiger partial charge is 0.408 e. The molecule has 0 atom stereocenters. The molecule has 0 aromatic carbocycles. The summed E-state index contributed by atoms with van der Waals surface area (Å²) in [6, 6.07) is 1.56. The first kappa shape index (κ1) is 6.90. The first-order valence-electron chi connectivity index (χ1n) is 3.37. The lowest BCUT2D eigenvalue weighted by atomic mass is 10.4. The van der Waals surface area contributed by atoms with Crippen LogP contribution in [0.15, 0.2) is 26.3 Å². The van der Waals surface area contributed by atoms with Crippen LogP contribution in [0.25, 0.3) is 11.1 Å². The molecule has 62 valence electrons. The third kappa shape index (κ3) is 0.795. The lowest BCUT2D eigenvalue weighted by Crippen LogP contribution is -2.15. The van der Waals surface area contributed by atoms with E-state index in [1.807, 2.05) is 0 Å². The van der Waals surface area contributed by atoms with Gasteiger partial charge in [0.25, 0.3) is 5.56 Å². The highest BCUT2D eigenvalue weighted by Gasteiger charge is 2.04. The minimum Gasteiger partial charge on any atom is -0.408 e. The summed E-state index contributed by atoms with van der Waals surface area (Å²) in [5.41, 5.74) is 0.242. The minimum atomic E-state index is -0.603. The maximum atomic E-state index is 11.3. The molecule has 0 fully saturated rings. The van der Waals surface area contributed by atoms with Crippen molar-refractivity contribution in [1.29, 1.82) is 0 Å². The molecule has 5 nitrogen and oxygen atoms in total. The Bertz CT molecular complexity index is 531. The normalized spacial score (nSPS) is 10.8. The van der Waals surface area contributed by atoms with Crippen LogP contribution < -0.4 is 11.3 Å². The van der Waals surface area contributed by atoms with Crippen molar-refractivity contribution in [1.82, 2.24) is 9.55 Å². The Kier molecular flexibility index (Phi) is 1.21. The topological polar surface area (TPSA) is 68.0 Å². The lowest BCUT2D eigenvalue weighted by Gasteiger charge is -1.92. The van der Waals surface area contributed by atoms with E-state index in [4.69, 9.17) is 0 Å².